The maximum absolute atomic E-state index is 11.9. The van der Waals surface area contributed by atoms with Gasteiger partial charge in [0.15, 0.2) is 5.58 Å². The molecule has 0 saturated carbocycles. The molecule has 8 heteroatoms. The molecular weight excluding hydrogens is 566 g/mol. The zero-order valence-electron chi connectivity index (χ0n) is 26.6. The summed E-state index contributed by atoms with van der Waals surface area (Å²) in [6.45, 7) is 10.2. The van der Waals surface area contributed by atoms with Crippen LogP contribution in [0.4, 0.5) is 0 Å². The number of allylic oxidation sites excluding steroid dienone is 1. The maximum Gasteiger partial charge on any atom is 0.320 e. The number of aliphatic carboxylic acids is 1. The molecule has 0 spiro atoms. The van der Waals surface area contributed by atoms with Crippen LogP contribution in [-0.4, -0.2) is 78.4 Å². The molecule has 1 atom stereocenters. The summed E-state index contributed by atoms with van der Waals surface area (Å²) in [5, 5.41) is 9.76. The zero-order chi connectivity index (χ0) is 31.3. The van der Waals surface area contributed by atoms with E-state index in [9.17, 15) is 9.90 Å². The summed E-state index contributed by atoms with van der Waals surface area (Å²) in [5.41, 5.74) is 9.31. The second kappa shape index (κ2) is 14.0. The maximum atomic E-state index is 11.9. The fraction of sp³-hybridized carbons (Fsp3) is 0.405. The molecule has 1 unspecified atom stereocenters. The van der Waals surface area contributed by atoms with Gasteiger partial charge >= 0.3 is 5.97 Å². The van der Waals surface area contributed by atoms with Crippen LogP contribution in [0, 0.1) is 13.8 Å². The Kier molecular flexibility index (Phi) is 9.64. The molecule has 45 heavy (non-hydrogen) atoms. The quantitative estimate of drug-likeness (QED) is 0.200. The van der Waals surface area contributed by atoms with E-state index in [0.717, 1.165) is 86.4 Å². The van der Waals surface area contributed by atoms with Crippen molar-refractivity contribution in [3.63, 3.8) is 0 Å². The van der Waals surface area contributed by atoms with Gasteiger partial charge in [0.2, 0.25) is 5.89 Å². The van der Waals surface area contributed by atoms with Gasteiger partial charge in [-0.2, -0.15) is 0 Å². The van der Waals surface area contributed by atoms with Crippen LogP contribution < -0.4 is 4.74 Å². The summed E-state index contributed by atoms with van der Waals surface area (Å²) >= 11 is 0. The fourth-order valence-electron chi connectivity index (χ4n) is 6.68. The minimum atomic E-state index is -0.769. The van der Waals surface area contributed by atoms with Gasteiger partial charge in [0.25, 0.3) is 0 Å². The van der Waals surface area contributed by atoms with E-state index in [4.69, 9.17) is 18.9 Å². The van der Waals surface area contributed by atoms with E-state index >= 15 is 0 Å². The number of carbonyl (C=O) groups is 1. The van der Waals surface area contributed by atoms with E-state index in [1.165, 1.54) is 16.7 Å². The molecule has 0 bridgehead atoms. The number of carboxylic acids is 1. The number of morpholine rings is 1. The number of hydrogen-bond donors (Lipinski definition) is 1. The monoisotopic (exact) mass is 609 g/mol. The molecule has 236 valence electrons. The Morgan fingerprint density at radius 2 is 1.73 bits per heavy atom. The first kappa shape index (κ1) is 31.0. The van der Waals surface area contributed by atoms with E-state index < -0.39 is 12.0 Å². The van der Waals surface area contributed by atoms with Crippen molar-refractivity contribution in [3.05, 3.63) is 82.9 Å². The largest absolute Gasteiger partial charge is 0.496 e. The van der Waals surface area contributed by atoms with Crippen molar-refractivity contribution in [1.82, 2.24) is 14.8 Å². The van der Waals surface area contributed by atoms with Gasteiger partial charge in [-0.25, -0.2) is 4.98 Å². The fourth-order valence-corrected chi connectivity index (χ4v) is 6.68. The van der Waals surface area contributed by atoms with Crippen LogP contribution in [0.3, 0.4) is 0 Å². The first-order valence-corrected chi connectivity index (χ1v) is 16.0. The van der Waals surface area contributed by atoms with E-state index in [1.807, 2.05) is 17.0 Å². The smallest absolute Gasteiger partial charge is 0.320 e. The van der Waals surface area contributed by atoms with Gasteiger partial charge in [-0.3, -0.25) is 14.6 Å². The molecule has 2 aliphatic heterocycles. The molecule has 0 aliphatic carbocycles. The molecule has 3 heterocycles. The first-order chi connectivity index (χ1) is 21.9. The average Bonchev–Trinajstić information content (AvgIpc) is 3.47. The lowest BCUT2D eigenvalue weighted by atomic mass is 9.90. The molecule has 0 radical (unpaired) electrons. The molecule has 4 aromatic rings. The van der Waals surface area contributed by atoms with Crippen LogP contribution >= 0.6 is 0 Å². The Morgan fingerprint density at radius 3 is 2.51 bits per heavy atom. The standard InChI is InChI=1S/C37H43N3O5/c1-25-27(10-4-6-16-39-18-20-44-21-19-39)11-8-12-29(25)30-13-9-14-31(26(30)2)36-38-32-22-28(34(43-3)23-35(32)45-36)24-40-17-7-5-15-33(40)37(41)42/h4,6,8-9,11-14,22-23,33H,5,7,10,15-21,24H2,1-3H3,(H,41,42). The summed E-state index contributed by atoms with van der Waals surface area (Å²) in [6.07, 6.45) is 8.03. The second-order valence-electron chi connectivity index (χ2n) is 12.1. The van der Waals surface area contributed by atoms with Gasteiger partial charge in [0, 0.05) is 43.4 Å². The zero-order valence-corrected chi connectivity index (χ0v) is 26.6. The predicted octanol–water partition coefficient (Wildman–Crippen LogP) is 6.66. The molecule has 8 nitrogen and oxygen atoms in total. The average molecular weight is 610 g/mol. The van der Waals surface area contributed by atoms with E-state index in [-0.39, 0.29) is 0 Å². The van der Waals surface area contributed by atoms with E-state index in [1.54, 1.807) is 7.11 Å². The normalized spacial score (nSPS) is 18.2. The van der Waals surface area contributed by atoms with Crippen molar-refractivity contribution >= 4 is 17.1 Å². The topological polar surface area (TPSA) is 88.3 Å². The van der Waals surface area contributed by atoms with Crippen LogP contribution in [0.1, 0.15) is 41.5 Å². The van der Waals surface area contributed by atoms with Crippen molar-refractivity contribution in [2.45, 2.75) is 52.1 Å². The third-order valence-electron chi connectivity index (χ3n) is 9.33. The highest BCUT2D eigenvalue weighted by Crippen LogP contribution is 2.37. The van der Waals surface area contributed by atoms with Crippen molar-refractivity contribution in [2.24, 2.45) is 0 Å². The summed E-state index contributed by atoms with van der Waals surface area (Å²) < 4.78 is 17.5. The van der Waals surface area contributed by atoms with Crippen LogP contribution in [0.15, 0.2) is 65.1 Å². The van der Waals surface area contributed by atoms with Crippen LogP contribution in [-0.2, 0) is 22.5 Å². The number of benzene rings is 3. The van der Waals surface area contributed by atoms with Gasteiger partial charge in [0.05, 0.1) is 20.3 Å². The molecule has 3 aromatic carbocycles. The van der Waals surface area contributed by atoms with E-state index in [0.29, 0.717) is 30.2 Å². The van der Waals surface area contributed by atoms with Crippen LogP contribution in [0.2, 0.25) is 0 Å². The number of fused-ring (bicyclic) bond motifs is 1. The van der Waals surface area contributed by atoms with Gasteiger partial charge in [-0.1, -0.05) is 48.9 Å². The highest BCUT2D eigenvalue weighted by atomic mass is 16.5. The van der Waals surface area contributed by atoms with Gasteiger partial charge in [0.1, 0.15) is 17.3 Å². The van der Waals surface area contributed by atoms with Crippen molar-refractivity contribution in [1.29, 1.82) is 0 Å². The van der Waals surface area contributed by atoms with Crippen LogP contribution in [0.25, 0.3) is 33.7 Å². The van der Waals surface area contributed by atoms with Gasteiger partial charge in [-0.05, 0) is 79.6 Å². The molecule has 1 aromatic heterocycles. The third kappa shape index (κ3) is 6.83. The number of aromatic nitrogens is 1. The van der Waals surface area contributed by atoms with E-state index in [2.05, 4.69) is 67.3 Å². The minimum absolute atomic E-state index is 0.481. The molecule has 0 amide bonds. The Bertz CT molecular complexity index is 1690. The molecule has 6 rings (SSSR count). The number of rotatable bonds is 10. The summed E-state index contributed by atoms with van der Waals surface area (Å²) in [4.78, 5) is 21.3. The SMILES string of the molecule is COc1cc2oc(-c3cccc(-c4cccc(CC=CCN5CCOCC5)c4C)c3C)nc2cc1CN1CCCCC1C(=O)O. The second-order valence-corrected chi connectivity index (χ2v) is 12.1. The molecule has 2 aliphatic rings. The Morgan fingerprint density at radius 1 is 0.978 bits per heavy atom. The lowest BCUT2D eigenvalue weighted by molar-refractivity contribution is -0.144. The number of methoxy groups -OCH3 is 1. The van der Waals surface area contributed by atoms with Crippen molar-refractivity contribution in [3.8, 4) is 28.3 Å². The number of ether oxygens (including phenoxy) is 2. The molecule has 2 fully saturated rings. The number of nitrogens with zero attached hydrogens (tertiary/aromatic N) is 3. The predicted molar refractivity (Wildman–Crippen MR) is 177 cm³/mol. The Hall–Kier alpha value is -3.98. The minimum Gasteiger partial charge on any atom is -0.496 e. The van der Waals surface area contributed by atoms with Crippen molar-refractivity contribution < 1.29 is 23.8 Å². The lowest BCUT2D eigenvalue weighted by Crippen LogP contribution is -2.44. The number of piperidine rings is 1. The first-order valence-electron chi connectivity index (χ1n) is 16.0. The van der Waals surface area contributed by atoms with Gasteiger partial charge in [-0.15, -0.1) is 0 Å². The number of hydrogen-bond acceptors (Lipinski definition) is 7. The summed E-state index contributed by atoms with van der Waals surface area (Å²) in [5.74, 6) is 0.469. The molecule has 2 saturated heterocycles. The highest BCUT2D eigenvalue weighted by molar-refractivity contribution is 5.82. The summed E-state index contributed by atoms with van der Waals surface area (Å²) in [6, 6.07) is 16.2. The van der Waals surface area contributed by atoms with Crippen molar-refractivity contribution in [2.75, 3.05) is 46.5 Å². The molecular formula is C37H43N3O5. The molecule has 1 N–H and O–H groups in total. The number of carboxylic acid groups (broad SMARTS) is 1. The Labute approximate surface area is 265 Å². The number of oxazole rings is 1. The van der Waals surface area contributed by atoms with Crippen LogP contribution in [0.5, 0.6) is 5.75 Å². The van der Waals surface area contributed by atoms with Gasteiger partial charge < -0.3 is 19.0 Å². The Balaban J connectivity index is 1.25. The number of likely N-dealkylation sites (tertiary alicyclic amines) is 1. The highest BCUT2D eigenvalue weighted by Gasteiger charge is 2.29. The third-order valence-corrected chi connectivity index (χ3v) is 9.33. The lowest BCUT2D eigenvalue weighted by Gasteiger charge is -2.33. The summed E-state index contributed by atoms with van der Waals surface area (Å²) in [7, 11) is 1.64.